The van der Waals surface area contributed by atoms with Crippen LogP contribution in [-0.2, 0) is 0 Å². The molecule has 0 unspecified atom stereocenters. The molecule has 8 aromatic rings. The molecule has 0 spiro atoms. The second-order valence-corrected chi connectivity index (χ2v) is 11.6. The van der Waals surface area contributed by atoms with Crippen molar-refractivity contribution in [1.82, 2.24) is 19.9 Å². The fourth-order valence-corrected chi connectivity index (χ4v) is 5.96. The molecule has 2 aromatic heterocycles. The Labute approximate surface area is 274 Å². The fourth-order valence-electron chi connectivity index (χ4n) is 5.96. The molecule has 0 bridgehead atoms. The third-order valence-electron chi connectivity index (χ3n) is 8.35. The Morgan fingerprint density at radius 1 is 0.298 bits per heavy atom. The van der Waals surface area contributed by atoms with Gasteiger partial charge in [0.25, 0.3) is 0 Å². The Kier molecular flexibility index (Phi) is 7.37. The van der Waals surface area contributed by atoms with E-state index in [2.05, 4.69) is 97.1 Å². The van der Waals surface area contributed by atoms with Crippen LogP contribution in [-0.4, -0.2) is 19.9 Å². The largest absolute Gasteiger partial charge is 0.253 e. The highest BCUT2D eigenvalue weighted by Gasteiger charge is 2.15. The van der Waals surface area contributed by atoms with E-state index in [0.717, 1.165) is 55.9 Å². The molecule has 2 heterocycles. The quantitative estimate of drug-likeness (QED) is 0.190. The van der Waals surface area contributed by atoms with Crippen LogP contribution in [0.2, 0.25) is 0 Å². The van der Waals surface area contributed by atoms with Crippen LogP contribution in [0.1, 0.15) is 5.69 Å². The van der Waals surface area contributed by atoms with Crippen LogP contribution in [0.5, 0.6) is 0 Å². The van der Waals surface area contributed by atoms with Gasteiger partial charge in [-0.3, -0.25) is 4.98 Å². The van der Waals surface area contributed by atoms with Crippen molar-refractivity contribution < 1.29 is 0 Å². The minimum Gasteiger partial charge on any atom is -0.253 e. The van der Waals surface area contributed by atoms with E-state index in [-0.39, 0.29) is 0 Å². The lowest BCUT2D eigenvalue weighted by molar-refractivity contribution is 1.07. The molecular weight excluding hydrogens is 573 g/mol. The van der Waals surface area contributed by atoms with Gasteiger partial charge in [-0.1, -0.05) is 121 Å². The van der Waals surface area contributed by atoms with E-state index < -0.39 is 0 Å². The van der Waals surface area contributed by atoms with Gasteiger partial charge in [0.1, 0.15) is 0 Å². The summed E-state index contributed by atoms with van der Waals surface area (Å²) in [5.41, 5.74) is 10.2. The molecule has 6 aromatic carbocycles. The second kappa shape index (κ2) is 12.3. The summed E-state index contributed by atoms with van der Waals surface area (Å²) in [6.07, 6.45) is 0. The molecule has 0 saturated heterocycles. The van der Waals surface area contributed by atoms with E-state index in [1.165, 1.54) is 10.8 Å². The van der Waals surface area contributed by atoms with Gasteiger partial charge in [-0.2, -0.15) is 0 Å². The van der Waals surface area contributed by atoms with Crippen LogP contribution in [0.25, 0.3) is 78.4 Å². The van der Waals surface area contributed by atoms with E-state index in [9.17, 15) is 0 Å². The molecule has 0 aliphatic rings. The number of aromatic nitrogens is 4. The first-order valence-corrected chi connectivity index (χ1v) is 15.7. The Hall–Kier alpha value is -6.26. The van der Waals surface area contributed by atoms with Gasteiger partial charge in [0.2, 0.25) is 0 Å². The number of pyridine rings is 1. The summed E-state index contributed by atoms with van der Waals surface area (Å²) in [5.74, 6) is 1.90. The third-order valence-corrected chi connectivity index (χ3v) is 8.35. The number of aryl methyl sites for hydroxylation is 1. The lowest BCUT2D eigenvalue weighted by Crippen LogP contribution is -2.00. The molecule has 0 aliphatic carbocycles. The van der Waals surface area contributed by atoms with E-state index in [4.69, 9.17) is 19.9 Å². The van der Waals surface area contributed by atoms with Crippen molar-refractivity contribution >= 4 is 10.8 Å². The highest BCUT2D eigenvalue weighted by molar-refractivity contribution is 5.89. The smallest absolute Gasteiger partial charge is 0.164 e. The van der Waals surface area contributed by atoms with Crippen molar-refractivity contribution in [2.24, 2.45) is 0 Å². The highest BCUT2D eigenvalue weighted by Crippen LogP contribution is 2.35. The van der Waals surface area contributed by atoms with Gasteiger partial charge in [0.15, 0.2) is 17.5 Å². The summed E-state index contributed by atoms with van der Waals surface area (Å²) in [7, 11) is 0. The summed E-state index contributed by atoms with van der Waals surface area (Å²) in [4.78, 5) is 19.8. The van der Waals surface area contributed by atoms with Crippen LogP contribution in [0.15, 0.2) is 164 Å². The number of hydrogen-bond donors (Lipinski definition) is 0. The number of hydrogen-bond acceptors (Lipinski definition) is 4. The number of benzene rings is 6. The Morgan fingerprint density at radius 3 is 1.45 bits per heavy atom. The summed E-state index contributed by atoms with van der Waals surface area (Å²) in [6.45, 7) is 2.02. The Bertz CT molecular complexity index is 2310. The summed E-state index contributed by atoms with van der Waals surface area (Å²) < 4.78 is 0. The predicted octanol–water partition coefficient (Wildman–Crippen LogP) is 10.7. The number of rotatable bonds is 6. The lowest BCUT2D eigenvalue weighted by atomic mass is 9.93. The molecule has 4 nitrogen and oxygen atoms in total. The number of nitrogens with zero attached hydrogens (tertiary/aromatic N) is 4. The molecule has 0 fully saturated rings. The minimum atomic E-state index is 0.623. The van der Waals surface area contributed by atoms with E-state index in [1.54, 1.807) is 0 Å². The molecule has 4 heteroatoms. The van der Waals surface area contributed by atoms with Crippen molar-refractivity contribution in [3.05, 3.63) is 169 Å². The Balaban J connectivity index is 1.34. The zero-order chi connectivity index (χ0) is 31.6. The minimum absolute atomic E-state index is 0.623. The monoisotopic (exact) mass is 602 g/mol. The van der Waals surface area contributed by atoms with Gasteiger partial charge >= 0.3 is 0 Å². The maximum absolute atomic E-state index is 5.06. The maximum Gasteiger partial charge on any atom is 0.164 e. The van der Waals surface area contributed by atoms with E-state index >= 15 is 0 Å². The predicted molar refractivity (Wildman–Crippen MR) is 192 cm³/mol. The first-order chi connectivity index (χ1) is 23.2. The molecule has 0 aliphatic heterocycles. The van der Waals surface area contributed by atoms with Crippen molar-refractivity contribution in [3.63, 3.8) is 0 Å². The van der Waals surface area contributed by atoms with Crippen LogP contribution >= 0.6 is 0 Å². The topological polar surface area (TPSA) is 51.6 Å². The first-order valence-electron chi connectivity index (χ1n) is 15.7. The van der Waals surface area contributed by atoms with Gasteiger partial charge in [0, 0.05) is 27.9 Å². The molecule has 0 amide bonds. The zero-order valence-corrected chi connectivity index (χ0v) is 25.9. The van der Waals surface area contributed by atoms with Crippen LogP contribution in [0.3, 0.4) is 0 Å². The van der Waals surface area contributed by atoms with Gasteiger partial charge in [0.05, 0.1) is 5.69 Å². The van der Waals surface area contributed by atoms with Crippen LogP contribution < -0.4 is 0 Å². The second-order valence-electron chi connectivity index (χ2n) is 11.6. The summed E-state index contributed by atoms with van der Waals surface area (Å²) in [5, 5.41) is 2.41. The molecule has 0 radical (unpaired) electrons. The molecule has 222 valence electrons. The van der Waals surface area contributed by atoms with E-state index in [0.29, 0.717) is 17.5 Å². The van der Waals surface area contributed by atoms with Gasteiger partial charge in [-0.15, -0.1) is 0 Å². The van der Waals surface area contributed by atoms with Crippen LogP contribution in [0.4, 0.5) is 0 Å². The molecular formula is C43H30N4. The average Bonchev–Trinajstić information content (AvgIpc) is 3.15. The highest BCUT2D eigenvalue weighted by atomic mass is 15.0. The van der Waals surface area contributed by atoms with E-state index in [1.807, 2.05) is 73.7 Å². The lowest BCUT2D eigenvalue weighted by Gasteiger charge is -2.13. The summed E-state index contributed by atoms with van der Waals surface area (Å²) >= 11 is 0. The SMILES string of the molecule is Cc1cccc(-c2cccc(-c3cc(-c4ccc5ccccc5c4)cc(-c4nc(-c5ccccc5)nc(-c5ccccc5)n4)c3)c2)n1. The first kappa shape index (κ1) is 28.2. The fraction of sp³-hybridized carbons (Fsp3) is 0.0233. The van der Waals surface area contributed by atoms with Gasteiger partial charge in [-0.05, 0) is 82.4 Å². The molecule has 0 atom stereocenters. The maximum atomic E-state index is 5.06. The molecule has 0 saturated carbocycles. The van der Waals surface area contributed by atoms with Crippen molar-refractivity contribution in [3.8, 4) is 67.7 Å². The summed E-state index contributed by atoms with van der Waals surface area (Å²) in [6, 6.07) is 56.6. The Morgan fingerprint density at radius 2 is 0.787 bits per heavy atom. The van der Waals surface area contributed by atoms with Gasteiger partial charge in [-0.25, -0.2) is 15.0 Å². The zero-order valence-electron chi connectivity index (χ0n) is 25.9. The van der Waals surface area contributed by atoms with Crippen molar-refractivity contribution in [1.29, 1.82) is 0 Å². The average molecular weight is 603 g/mol. The standard InChI is InChI=1S/C43H30N4/c1-29-12-10-21-40(44-29)36-20-11-19-34(25-36)37-26-38(35-23-22-30-13-8-9-18-33(30)24-35)28-39(27-37)43-46-41(31-14-4-2-5-15-31)45-42(47-43)32-16-6-3-7-17-32/h2-28H,1H3. The molecule has 8 rings (SSSR count). The van der Waals surface area contributed by atoms with Crippen LogP contribution in [0, 0.1) is 6.92 Å². The van der Waals surface area contributed by atoms with Crippen molar-refractivity contribution in [2.45, 2.75) is 6.92 Å². The number of fused-ring (bicyclic) bond motifs is 1. The third kappa shape index (κ3) is 5.92. The van der Waals surface area contributed by atoms with Crippen molar-refractivity contribution in [2.75, 3.05) is 0 Å². The van der Waals surface area contributed by atoms with Gasteiger partial charge < -0.3 is 0 Å². The molecule has 0 N–H and O–H groups in total. The normalized spacial score (nSPS) is 11.1. The molecule has 47 heavy (non-hydrogen) atoms.